The van der Waals surface area contributed by atoms with Crippen LogP contribution in [-0.4, -0.2) is 11.2 Å². The molecule has 102 valence electrons. The molecule has 1 amide bonds. The summed E-state index contributed by atoms with van der Waals surface area (Å²) in [4.78, 5) is 13.6. The van der Waals surface area contributed by atoms with E-state index in [0.717, 1.165) is 17.7 Å². The Morgan fingerprint density at radius 2 is 2.05 bits per heavy atom. The molecule has 1 atom stereocenters. The quantitative estimate of drug-likeness (QED) is 0.896. The van der Waals surface area contributed by atoms with E-state index in [4.69, 9.17) is 11.6 Å². The molecule has 1 heterocycles. The lowest BCUT2D eigenvalue weighted by molar-refractivity contribution is -0.115. The fourth-order valence-corrected chi connectivity index (χ4v) is 3.65. The van der Waals surface area contributed by atoms with Crippen LogP contribution in [0.1, 0.15) is 11.1 Å². The lowest BCUT2D eigenvalue weighted by Crippen LogP contribution is -2.25. The van der Waals surface area contributed by atoms with Crippen LogP contribution in [0, 0.1) is 6.92 Å². The SMILES string of the molecule is Cc1c(Cl)cccc1NC(=O)C1Cc2ccccc2S1. The number of fused-ring (bicyclic) bond motifs is 1. The Hall–Kier alpha value is -1.45. The maximum Gasteiger partial charge on any atom is 0.238 e. The summed E-state index contributed by atoms with van der Waals surface area (Å²) in [7, 11) is 0. The van der Waals surface area contributed by atoms with E-state index in [-0.39, 0.29) is 11.2 Å². The summed E-state index contributed by atoms with van der Waals surface area (Å²) in [5.41, 5.74) is 2.95. The van der Waals surface area contributed by atoms with Gasteiger partial charge in [0, 0.05) is 15.6 Å². The van der Waals surface area contributed by atoms with Crippen LogP contribution in [0.15, 0.2) is 47.4 Å². The number of carbonyl (C=O) groups excluding carboxylic acids is 1. The average molecular weight is 304 g/mol. The van der Waals surface area contributed by atoms with Crippen molar-refractivity contribution < 1.29 is 4.79 Å². The summed E-state index contributed by atoms with van der Waals surface area (Å²) < 4.78 is 0. The van der Waals surface area contributed by atoms with Gasteiger partial charge < -0.3 is 5.32 Å². The predicted molar refractivity (Wildman–Crippen MR) is 84.6 cm³/mol. The van der Waals surface area contributed by atoms with E-state index in [0.29, 0.717) is 5.02 Å². The van der Waals surface area contributed by atoms with Gasteiger partial charge in [0.05, 0.1) is 5.25 Å². The van der Waals surface area contributed by atoms with Crippen LogP contribution >= 0.6 is 23.4 Å². The van der Waals surface area contributed by atoms with Gasteiger partial charge in [-0.1, -0.05) is 35.9 Å². The molecule has 0 bridgehead atoms. The van der Waals surface area contributed by atoms with Gasteiger partial charge in [-0.15, -0.1) is 11.8 Å². The van der Waals surface area contributed by atoms with E-state index in [1.807, 2.05) is 37.3 Å². The van der Waals surface area contributed by atoms with Gasteiger partial charge in [-0.2, -0.15) is 0 Å². The first kappa shape index (κ1) is 13.5. The third kappa shape index (κ3) is 2.56. The van der Waals surface area contributed by atoms with Crippen molar-refractivity contribution in [3.63, 3.8) is 0 Å². The molecule has 4 heteroatoms. The number of hydrogen-bond donors (Lipinski definition) is 1. The number of nitrogens with one attached hydrogen (secondary N) is 1. The highest BCUT2D eigenvalue weighted by Gasteiger charge is 2.28. The molecule has 0 aliphatic carbocycles. The molecule has 1 aliphatic rings. The Morgan fingerprint density at radius 1 is 1.25 bits per heavy atom. The number of thioether (sulfide) groups is 1. The van der Waals surface area contributed by atoms with E-state index >= 15 is 0 Å². The Bertz CT molecular complexity index is 646. The van der Waals surface area contributed by atoms with Crippen molar-refractivity contribution in [1.29, 1.82) is 0 Å². The molecule has 0 saturated carbocycles. The van der Waals surface area contributed by atoms with Gasteiger partial charge in [-0.3, -0.25) is 4.79 Å². The Labute approximate surface area is 127 Å². The zero-order valence-corrected chi connectivity index (χ0v) is 12.6. The second kappa shape index (κ2) is 5.51. The topological polar surface area (TPSA) is 29.1 Å². The van der Waals surface area contributed by atoms with Gasteiger partial charge in [-0.25, -0.2) is 0 Å². The molecule has 1 aliphatic heterocycles. The molecule has 0 spiro atoms. The van der Waals surface area contributed by atoms with E-state index in [2.05, 4.69) is 17.4 Å². The number of halogens is 1. The third-order valence-electron chi connectivity index (χ3n) is 3.47. The van der Waals surface area contributed by atoms with Crippen LogP contribution in [0.5, 0.6) is 0 Å². The van der Waals surface area contributed by atoms with Gasteiger partial charge >= 0.3 is 0 Å². The fourth-order valence-electron chi connectivity index (χ4n) is 2.28. The summed E-state index contributed by atoms with van der Waals surface area (Å²) in [5, 5.41) is 3.59. The number of anilines is 1. The van der Waals surface area contributed by atoms with Crippen LogP contribution in [0.2, 0.25) is 5.02 Å². The second-order valence-electron chi connectivity index (χ2n) is 4.82. The van der Waals surface area contributed by atoms with Crippen molar-refractivity contribution in [3.8, 4) is 0 Å². The maximum atomic E-state index is 12.4. The van der Waals surface area contributed by atoms with Crippen LogP contribution in [-0.2, 0) is 11.2 Å². The van der Waals surface area contributed by atoms with Crippen molar-refractivity contribution in [2.24, 2.45) is 0 Å². The van der Waals surface area contributed by atoms with Crippen LogP contribution in [0.3, 0.4) is 0 Å². The highest BCUT2D eigenvalue weighted by molar-refractivity contribution is 8.01. The Kier molecular flexibility index (Phi) is 3.72. The normalized spacial score (nSPS) is 16.8. The van der Waals surface area contributed by atoms with Crippen molar-refractivity contribution in [2.75, 3.05) is 5.32 Å². The monoisotopic (exact) mass is 303 g/mol. The third-order valence-corrected chi connectivity index (χ3v) is 5.19. The molecule has 1 unspecified atom stereocenters. The average Bonchev–Trinajstić information content (AvgIpc) is 2.88. The number of rotatable bonds is 2. The summed E-state index contributed by atoms with van der Waals surface area (Å²) in [6.45, 7) is 1.91. The summed E-state index contributed by atoms with van der Waals surface area (Å²) in [6.07, 6.45) is 0.784. The zero-order valence-electron chi connectivity index (χ0n) is 11.0. The van der Waals surface area contributed by atoms with Gasteiger partial charge in [0.25, 0.3) is 0 Å². The predicted octanol–water partition coefficient (Wildman–Crippen LogP) is 4.30. The highest BCUT2D eigenvalue weighted by Crippen LogP contribution is 2.37. The lowest BCUT2D eigenvalue weighted by Gasteiger charge is -2.12. The smallest absolute Gasteiger partial charge is 0.238 e. The van der Waals surface area contributed by atoms with Crippen molar-refractivity contribution in [2.45, 2.75) is 23.5 Å². The maximum absolute atomic E-state index is 12.4. The standard InChI is InChI=1S/C16H14ClNOS/c1-10-12(17)6-4-7-13(10)18-16(19)15-9-11-5-2-3-8-14(11)20-15/h2-8,15H,9H2,1H3,(H,18,19). The number of hydrogen-bond acceptors (Lipinski definition) is 2. The zero-order chi connectivity index (χ0) is 14.1. The number of benzene rings is 2. The summed E-state index contributed by atoms with van der Waals surface area (Å²) in [6, 6.07) is 13.7. The first-order valence-electron chi connectivity index (χ1n) is 6.45. The second-order valence-corrected chi connectivity index (χ2v) is 6.47. The molecule has 0 fully saturated rings. The van der Waals surface area contributed by atoms with E-state index < -0.39 is 0 Å². The molecule has 1 N–H and O–H groups in total. The number of amides is 1. The Morgan fingerprint density at radius 3 is 2.85 bits per heavy atom. The minimum Gasteiger partial charge on any atom is -0.325 e. The van der Waals surface area contributed by atoms with E-state index in [9.17, 15) is 4.79 Å². The lowest BCUT2D eigenvalue weighted by atomic mass is 10.1. The molecular formula is C16H14ClNOS. The molecular weight excluding hydrogens is 290 g/mol. The fraction of sp³-hybridized carbons (Fsp3) is 0.188. The number of carbonyl (C=O) groups is 1. The molecule has 3 rings (SSSR count). The van der Waals surface area contributed by atoms with Crippen LogP contribution < -0.4 is 5.32 Å². The summed E-state index contributed by atoms with van der Waals surface area (Å²) >= 11 is 7.70. The molecule has 0 radical (unpaired) electrons. The molecule has 20 heavy (non-hydrogen) atoms. The molecule has 2 aromatic carbocycles. The largest absolute Gasteiger partial charge is 0.325 e. The van der Waals surface area contributed by atoms with Gasteiger partial charge in [0.1, 0.15) is 0 Å². The minimum absolute atomic E-state index is 0.0385. The first-order chi connectivity index (χ1) is 9.65. The van der Waals surface area contributed by atoms with Crippen molar-refractivity contribution >= 4 is 35.0 Å². The Balaban J connectivity index is 1.74. The van der Waals surface area contributed by atoms with Gasteiger partial charge in [0.2, 0.25) is 5.91 Å². The molecule has 0 saturated heterocycles. The van der Waals surface area contributed by atoms with Crippen molar-refractivity contribution in [1.82, 2.24) is 0 Å². The van der Waals surface area contributed by atoms with Crippen LogP contribution in [0.25, 0.3) is 0 Å². The molecule has 0 aromatic heterocycles. The molecule has 2 aromatic rings. The molecule has 2 nitrogen and oxygen atoms in total. The van der Waals surface area contributed by atoms with Gasteiger partial charge in [0.15, 0.2) is 0 Å². The first-order valence-corrected chi connectivity index (χ1v) is 7.71. The van der Waals surface area contributed by atoms with E-state index in [1.54, 1.807) is 11.8 Å². The van der Waals surface area contributed by atoms with Gasteiger partial charge in [-0.05, 0) is 42.7 Å². The highest BCUT2D eigenvalue weighted by atomic mass is 35.5. The minimum atomic E-state index is -0.0641. The van der Waals surface area contributed by atoms with Crippen molar-refractivity contribution in [3.05, 3.63) is 58.6 Å². The summed E-state index contributed by atoms with van der Waals surface area (Å²) in [5.74, 6) is 0.0385. The van der Waals surface area contributed by atoms with E-state index in [1.165, 1.54) is 10.5 Å². The van der Waals surface area contributed by atoms with Crippen LogP contribution in [0.4, 0.5) is 5.69 Å².